The van der Waals surface area contributed by atoms with Gasteiger partial charge in [0.15, 0.2) is 0 Å². The van der Waals surface area contributed by atoms with Gasteiger partial charge in [-0.25, -0.2) is 9.78 Å². The van der Waals surface area contributed by atoms with Crippen LogP contribution in [0.5, 0.6) is 0 Å². The van der Waals surface area contributed by atoms with Gasteiger partial charge in [-0.3, -0.25) is 0 Å². The summed E-state index contributed by atoms with van der Waals surface area (Å²) in [7, 11) is 0. The van der Waals surface area contributed by atoms with Crippen molar-refractivity contribution in [2.75, 3.05) is 18.1 Å². The SMILES string of the molecule is CSC(C)CCNc1ccc(C(=O)O)cn1. The minimum absolute atomic E-state index is 0.211. The van der Waals surface area contributed by atoms with E-state index in [0.29, 0.717) is 5.25 Å². The number of carbonyl (C=O) groups is 1. The van der Waals surface area contributed by atoms with E-state index in [1.165, 1.54) is 6.20 Å². The number of aromatic carboxylic acids is 1. The second-order valence-electron chi connectivity index (χ2n) is 3.50. The quantitative estimate of drug-likeness (QED) is 0.799. The summed E-state index contributed by atoms with van der Waals surface area (Å²) >= 11 is 1.83. The standard InChI is InChI=1S/C11H16N2O2S/c1-8(16-2)5-6-12-10-4-3-9(7-13-10)11(14)15/h3-4,7-8H,5-6H2,1-2H3,(H,12,13)(H,14,15). The van der Waals surface area contributed by atoms with Crippen LogP contribution in [0.15, 0.2) is 18.3 Å². The van der Waals surface area contributed by atoms with Gasteiger partial charge in [0.05, 0.1) is 5.56 Å². The molecule has 0 aliphatic carbocycles. The van der Waals surface area contributed by atoms with Crippen LogP contribution in [0.3, 0.4) is 0 Å². The molecule has 1 heterocycles. The number of nitrogens with zero attached hydrogens (tertiary/aromatic N) is 1. The Hall–Kier alpha value is -1.23. The molecule has 0 radical (unpaired) electrons. The Morgan fingerprint density at radius 1 is 1.62 bits per heavy atom. The Morgan fingerprint density at radius 3 is 2.88 bits per heavy atom. The number of nitrogens with one attached hydrogen (secondary N) is 1. The Balaban J connectivity index is 2.40. The number of aromatic nitrogens is 1. The van der Waals surface area contributed by atoms with E-state index in [4.69, 9.17) is 5.11 Å². The summed E-state index contributed by atoms with van der Waals surface area (Å²) < 4.78 is 0. The number of carboxylic acids is 1. The van der Waals surface area contributed by atoms with Gasteiger partial charge in [-0.05, 0) is 24.8 Å². The van der Waals surface area contributed by atoms with Crippen LogP contribution in [-0.2, 0) is 0 Å². The van der Waals surface area contributed by atoms with Crippen LogP contribution in [0.2, 0.25) is 0 Å². The highest BCUT2D eigenvalue weighted by molar-refractivity contribution is 7.99. The largest absolute Gasteiger partial charge is 0.478 e. The number of thioether (sulfide) groups is 1. The maximum Gasteiger partial charge on any atom is 0.337 e. The van der Waals surface area contributed by atoms with E-state index in [1.54, 1.807) is 12.1 Å². The monoisotopic (exact) mass is 240 g/mol. The zero-order chi connectivity index (χ0) is 12.0. The predicted octanol–water partition coefficient (Wildman–Crippen LogP) is 2.33. The van der Waals surface area contributed by atoms with E-state index in [0.717, 1.165) is 18.8 Å². The Morgan fingerprint density at radius 2 is 2.38 bits per heavy atom. The second-order valence-corrected chi connectivity index (χ2v) is 4.78. The summed E-state index contributed by atoms with van der Waals surface area (Å²) in [4.78, 5) is 14.6. The molecule has 1 atom stereocenters. The van der Waals surface area contributed by atoms with E-state index < -0.39 is 5.97 Å². The van der Waals surface area contributed by atoms with Crippen molar-refractivity contribution in [3.8, 4) is 0 Å². The number of rotatable bonds is 6. The molecule has 0 amide bonds. The molecular formula is C11H16N2O2S. The molecule has 0 saturated carbocycles. The summed E-state index contributed by atoms with van der Waals surface area (Å²) in [5.74, 6) is -0.228. The molecule has 0 aliphatic rings. The van der Waals surface area contributed by atoms with Gasteiger partial charge in [0.25, 0.3) is 0 Å². The average Bonchev–Trinajstić information content (AvgIpc) is 2.29. The number of pyridine rings is 1. The molecule has 0 bridgehead atoms. The maximum absolute atomic E-state index is 10.6. The summed E-state index contributed by atoms with van der Waals surface area (Å²) in [6.45, 7) is 3.02. The molecule has 0 aliphatic heterocycles. The zero-order valence-electron chi connectivity index (χ0n) is 9.43. The van der Waals surface area contributed by atoms with Crippen LogP contribution >= 0.6 is 11.8 Å². The fourth-order valence-electron chi connectivity index (χ4n) is 1.15. The highest BCUT2D eigenvalue weighted by Crippen LogP contribution is 2.10. The first-order chi connectivity index (χ1) is 7.63. The van der Waals surface area contributed by atoms with Crippen molar-refractivity contribution in [3.63, 3.8) is 0 Å². The molecule has 0 saturated heterocycles. The molecule has 0 spiro atoms. The fourth-order valence-corrected chi connectivity index (χ4v) is 1.50. The van der Waals surface area contributed by atoms with Crippen LogP contribution < -0.4 is 5.32 Å². The molecule has 0 fully saturated rings. The van der Waals surface area contributed by atoms with Crippen LogP contribution in [0.1, 0.15) is 23.7 Å². The summed E-state index contributed by atoms with van der Waals surface area (Å²) in [5.41, 5.74) is 0.211. The first kappa shape index (κ1) is 12.8. The van der Waals surface area contributed by atoms with E-state index in [1.807, 2.05) is 11.8 Å². The van der Waals surface area contributed by atoms with Gasteiger partial charge >= 0.3 is 5.97 Å². The van der Waals surface area contributed by atoms with E-state index in [9.17, 15) is 4.79 Å². The van der Waals surface area contributed by atoms with Crippen LogP contribution in [0.25, 0.3) is 0 Å². The highest BCUT2D eigenvalue weighted by atomic mass is 32.2. The smallest absolute Gasteiger partial charge is 0.337 e. The Labute approximate surface area is 99.5 Å². The van der Waals surface area contributed by atoms with E-state index >= 15 is 0 Å². The van der Waals surface area contributed by atoms with Gasteiger partial charge in [-0.2, -0.15) is 11.8 Å². The molecule has 16 heavy (non-hydrogen) atoms. The first-order valence-corrected chi connectivity index (χ1v) is 6.38. The van der Waals surface area contributed by atoms with E-state index in [-0.39, 0.29) is 5.56 Å². The van der Waals surface area contributed by atoms with Crippen molar-refractivity contribution in [1.29, 1.82) is 0 Å². The minimum Gasteiger partial charge on any atom is -0.478 e. The second kappa shape index (κ2) is 6.37. The van der Waals surface area contributed by atoms with Crippen molar-refractivity contribution in [3.05, 3.63) is 23.9 Å². The molecule has 1 aromatic rings. The van der Waals surface area contributed by atoms with Gasteiger partial charge in [-0.1, -0.05) is 6.92 Å². The first-order valence-electron chi connectivity index (χ1n) is 5.09. The topological polar surface area (TPSA) is 62.2 Å². The van der Waals surface area contributed by atoms with Crippen LogP contribution in [-0.4, -0.2) is 34.1 Å². The number of hydrogen-bond donors (Lipinski definition) is 2. The molecule has 5 heteroatoms. The number of carboxylic acid groups (broad SMARTS) is 1. The van der Waals surface area contributed by atoms with Crippen molar-refractivity contribution in [1.82, 2.24) is 4.98 Å². The molecule has 0 aromatic carbocycles. The number of hydrogen-bond acceptors (Lipinski definition) is 4. The molecule has 2 N–H and O–H groups in total. The summed E-state index contributed by atoms with van der Waals surface area (Å²) in [6, 6.07) is 3.24. The van der Waals surface area contributed by atoms with Gasteiger partial charge in [0, 0.05) is 18.0 Å². The molecule has 88 valence electrons. The number of anilines is 1. The fraction of sp³-hybridized carbons (Fsp3) is 0.455. The van der Waals surface area contributed by atoms with Gasteiger partial charge in [-0.15, -0.1) is 0 Å². The molecule has 1 rings (SSSR count). The molecule has 1 aromatic heterocycles. The zero-order valence-corrected chi connectivity index (χ0v) is 10.3. The lowest BCUT2D eigenvalue weighted by molar-refractivity contribution is 0.0696. The minimum atomic E-state index is -0.949. The Bertz CT molecular complexity index is 340. The van der Waals surface area contributed by atoms with Crippen molar-refractivity contribution in [2.24, 2.45) is 0 Å². The van der Waals surface area contributed by atoms with Crippen LogP contribution in [0.4, 0.5) is 5.82 Å². The third-order valence-electron chi connectivity index (χ3n) is 2.27. The van der Waals surface area contributed by atoms with Gasteiger partial charge in [0.1, 0.15) is 5.82 Å². The predicted molar refractivity (Wildman–Crippen MR) is 67.3 cm³/mol. The normalized spacial score (nSPS) is 12.1. The summed E-state index contributed by atoms with van der Waals surface area (Å²) in [6.07, 6.45) is 4.51. The third kappa shape index (κ3) is 4.10. The molecule has 4 nitrogen and oxygen atoms in total. The lowest BCUT2D eigenvalue weighted by atomic mass is 10.3. The lowest BCUT2D eigenvalue weighted by Gasteiger charge is -2.09. The lowest BCUT2D eigenvalue weighted by Crippen LogP contribution is -2.09. The van der Waals surface area contributed by atoms with Crippen molar-refractivity contribution < 1.29 is 9.90 Å². The maximum atomic E-state index is 10.6. The Kier molecular flexibility index (Phi) is 5.11. The molecule has 1 unspecified atom stereocenters. The van der Waals surface area contributed by atoms with E-state index in [2.05, 4.69) is 23.5 Å². The van der Waals surface area contributed by atoms with Crippen LogP contribution in [0, 0.1) is 0 Å². The molecular weight excluding hydrogens is 224 g/mol. The average molecular weight is 240 g/mol. The van der Waals surface area contributed by atoms with Gasteiger partial charge < -0.3 is 10.4 Å². The van der Waals surface area contributed by atoms with Crippen molar-refractivity contribution >= 4 is 23.5 Å². The van der Waals surface area contributed by atoms with Gasteiger partial charge in [0.2, 0.25) is 0 Å². The summed E-state index contributed by atoms with van der Waals surface area (Å²) in [5, 5.41) is 12.5. The van der Waals surface area contributed by atoms with Crippen molar-refractivity contribution in [2.45, 2.75) is 18.6 Å². The third-order valence-corrected chi connectivity index (χ3v) is 3.31. The highest BCUT2D eigenvalue weighted by Gasteiger charge is 2.03.